The summed E-state index contributed by atoms with van der Waals surface area (Å²) in [6.07, 6.45) is 1.05. The van der Waals surface area contributed by atoms with Crippen LogP contribution >= 0.6 is 0 Å². The molecular weight excluding hydrogens is 252 g/mol. The van der Waals surface area contributed by atoms with E-state index in [9.17, 15) is 17.2 Å². The van der Waals surface area contributed by atoms with Crippen molar-refractivity contribution in [3.8, 4) is 5.75 Å². The van der Waals surface area contributed by atoms with Gasteiger partial charge in [-0.05, 0) is 24.6 Å². The molecule has 0 aromatic heterocycles. The quantitative estimate of drug-likeness (QED) is 0.884. The van der Waals surface area contributed by atoms with Crippen LogP contribution in [-0.4, -0.2) is 21.3 Å². The van der Waals surface area contributed by atoms with E-state index in [0.717, 1.165) is 6.26 Å². The molecule has 0 fully saturated rings. The van der Waals surface area contributed by atoms with E-state index < -0.39 is 22.7 Å². The summed E-state index contributed by atoms with van der Waals surface area (Å²) in [5.41, 5.74) is 0.664. The molecule has 96 valence electrons. The van der Waals surface area contributed by atoms with Gasteiger partial charge in [-0.15, -0.1) is 0 Å². The average Bonchev–Trinajstić information content (AvgIpc) is 2.15. The van der Waals surface area contributed by atoms with Gasteiger partial charge in [0.05, 0.1) is 6.26 Å². The Hall–Kier alpha value is -1.21. The number of nitrogens with one attached hydrogen (secondary N) is 1. The van der Waals surface area contributed by atoms with Crippen LogP contribution in [0.15, 0.2) is 24.3 Å². The zero-order valence-corrected chi connectivity index (χ0v) is 10.2. The molecule has 0 aliphatic rings. The van der Waals surface area contributed by atoms with Crippen LogP contribution in [0.1, 0.15) is 18.5 Å². The molecule has 17 heavy (non-hydrogen) atoms. The zero-order valence-electron chi connectivity index (χ0n) is 9.35. The standard InChI is InChI=1S/C10H13F2NO3S/c1-7(13-17(2,14)15)8-3-5-9(6-4-8)16-10(11)12/h3-7,10,13H,1-2H3. The minimum atomic E-state index is -3.30. The third-order valence-corrected chi connectivity index (χ3v) is 2.78. The topological polar surface area (TPSA) is 55.4 Å². The second kappa shape index (κ2) is 5.42. The van der Waals surface area contributed by atoms with E-state index in [2.05, 4.69) is 9.46 Å². The lowest BCUT2D eigenvalue weighted by molar-refractivity contribution is -0.0498. The van der Waals surface area contributed by atoms with Gasteiger partial charge in [0.25, 0.3) is 0 Å². The predicted molar refractivity (Wildman–Crippen MR) is 59.5 cm³/mol. The summed E-state index contributed by atoms with van der Waals surface area (Å²) < 4.78 is 52.3. The van der Waals surface area contributed by atoms with Gasteiger partial charge in [0.2, 0.25) is 10.0 Å². The van der Waals surface area contributed by atoms with Crippen LogP contribution in [0.25, 0.3) is 0 Å². The van der Waals surface area contributed by atoms with E-state index in [1.807, 2.05) is 0 Å². The number of rotatable bonds is 5. The highest BCUT2D eigenvalue weighted by atomic mass is 32.2. The molecular formula is C10H13F2NO3S. The normalized spacial score (nSPS) is 13.7. The van der Waals surface area contributed by atoms with E-state index >= 15 is 0 Å². The van der Waals surface area contributed by atoms with Crippen molar-refractivity contribution in [1.29, 1.82) is 0 Å². The van der Waals surface area contributed by atoms with E-state index in [0.29, 0.717) is 5.56 Å². The highest BCUT2D eigenvalue weighted by molar-refractivity contribution is 7.88. The Morgan fingerprint density at radius 2 is 1.76 bits per heavy atom. The Labute approximate surface area is 98.6 Å². The summed E-state index contributed by atoms with van der Waals surface area (Å²) in [7, 11) is -3.30. The first kappa shape index (κ1) is 13.9. The Morgan fingerprint density at radius 1 is 1.24 bits per heavy atom. The molecule has 1 aromatic carbocycles. The fourth-order valence-corrected chi connectivity index (χ4v) is 2.11. The van der Waals surface area contributed by atoms with Gasteiger partial charge in [0, 0.05) is 6.04 Å². The number of halogens is 2. The first-order valence-corrected chi connectivity index (χ1v) is 6.69. The lowest BCUT2D eigenvalue weighted by Gasteiger charge is -2.13. The molecule has 1 unspecified atom stereocenters. The number of hydrogen-bond acceptors (Lipinski definition) is 3. The average molecular weight is 265 g/mol. The van der Waals surface area contributed by atoms with Gasteiger partial charge in [-0.1, -0.05) is 12.1 Å². The van der Waals surface area contributed by atoms with Gasteiger partial charge in [0.15, 0.2) is 0 Å². The van der Waals surface area contributed by atoms with Crippen molar-refractivity contribution >= 4 is 10.0 Å². The maximum atomic E-state index is 11.9. The first-order chi connectivity index (χ1) is 7.78. The van der Waals surface area contributed by atoms with E-state index in [4.69, 9.17) is 0 Å². The zero-order chi connectivity index (χ0) is 13.1. The molecule has 0 saturated carbocycles. The van der Waals surface area contributed by atoms with Crippen molar-refractivity contribution in [2.45, 2.75) is 19.6 Å². The molecule has 0 radical (unpaired) electrons. The predicted octanol–water partition coefficient (Wildman–Crippen LogP) is 1.90. The van der Waals surface area contributed by atoms with Crippen molar-refractivity contribution in [1.82, 2.24) is 4.72 Å². The van der Waals surface area contributed by atoms with Crippen LogP contribution in [0.4, 0.5) is 8.78 Å². The Balaban J connectivity index is 2.73. The fourth-order valence-electron chi connectivity index (χ4n) is 1.33. The van der Waals surface area contributed by atoms with Crippen molar-refractivity contribution in [2.75, 3.05) is 6.26 Å². The molecule has 0 aliphatic carbocycles. The van der Waals surface area contributed by atoms with E-state index in [-0.39, 0.29) is 5.75 Å². The number of hydrogen-bond donors (Lipinski definition) is 1. The molecule has 1 rings (SSSR count). The van der Waals surface area contributed by atoms with Gasteiger partial charge in [-0.25, -0.2) is 13.1 Å². The van der Waals surface area contributed by atoms with Crippen LogP contribution in [0.5, 0.6) is 5.75 Å². The number of sulfonamides is 1. The van der Waals surface area contributed by atoms with Gasteiger partial charge in [-0.2, -0.15) is 8.78 Å². The fraction of sp³-hybridized carbons (Fsp3) is 0.400. The number of benzene rings is 1. The number of alkyl halides is 2. The largest absolute Gasteiger partial charge is 0.435 e. The summed E-state index contributed by atoms with van der Waals surface area (Å²) in [6.45, 7) is -1.21. The molecule has 0 aliphatic heterocycles. The molecule has 0 heterocycles. The van der Waals surface area contributed by atoms with Gasteiger partial charge < -0.3 is 4.74 Å². The SMILES string of the molecule is CC(NS(C)(=O)=O)c1ccc(OC(F)F)cc1. The maximum absolute atomic E-state index is 11.9. The van der Waals surface area contributed by atoms with Gasteiger partial charge in [0.1, 0.15) is 5.75 Å². The molecule has 0 saturated heterocycles. The Bertz CT molecular complexity index is 459. The van der Waals surface area contributed by atoms with E-state index in [1.54, 1.807) is 6.92 Å². The third-order valence-electron chi connectivity index (χ3n) is 2.00. The molecule has 0 amide bonds. The Kier molecular flexibility index (Phi) is 4.41. The highest BCUT2D eigenvalue weighted by Gasteiger charge is 2.11. The summed E-state index contributed by atoms with van der Waals surface area (Å²) in [6, 6.07) is 5.36. The first-order valence-electron chi connectivity index (χ1n) is 4.80. The number of ether oxygens (including phenoxy) is 1. The lowest BCUT2D eigenvalue weighted by Crippen LogP contribution is -2.25. The van der Waals surface area contributed by atoms with Crippen LogP contribution in [0.2, 0.25) is 0 Å². The molecule has 1 atom stereocenters. The van der Waals surface area contributed by atoms with Crippen LogP contribution in [-0.2, 0) is 10.0 Å². The van der Waals surface area contributed by atoms with Crippen LogP contribution in [0.3, 0.4) is 0 Å². The Morgan fingerprint density at radius 3 is 2.18 bits per heavy atom. The maximum Gasteiger partial charge on any atom is 0.387 e. The van der Waals surface area contributed by atoms with Gasteiger partial charge >= 0.3 is 6.61 Å². The summed E-state index contributed by atoms with van der Waals surface area (Å²) >= 11 is 0. The van der Waals surface area contributed by atoms with Crippen molar-refractivity contribution in [3.05, 3.63) is 29.8 Å². The molecule has 0 spiro atoms. The second-order valence-electron chi connectivity index (χ2n) is 3.56. The van der Waals surface area contributed by atoms with Crippen molar-refractivity contribution in [2.24, 2.45) is 0 Å². The monoisotopic (exact) mass is 265 g/mol. The molecule has 4 nitrogen and oxygen atoms in total. The third kappa shape index (κ3) is 5.10. The summed E-state index contributed by atoms with van der Waals surface area (Å²) in [5, 5.41) is 0. The summed E-state index contributed by atoms with van der Waals surface area (Å²) in [5.74, 6) is 0.0373. The molecule has 1 aromatic rings. The lowest BCUT2D eigenvalue weighted by atomic mass is 10.1. The molecule has 0 bridgehead atoms. The minimum Gasteiger partial charge on any atom is -0.435 e. The van der Waals surface area contributed by atoms with Crippen molar-refractivity contribution in [3.63, 3.8) is 0 Å². The second-order valence-corrected chi connectivity index (χ2v) is 5.34. The smallest absolute Gasteiger partial charge is 0.387 e. The van der Waals surface area contributed by atoms with Crippen molar-refractivity contribution < 1.29 is 21.9 Å². The van der Waals surface area contributed by atoms with Gasteiger partial charge in [-0.3, -0.25) is 0 Å². The molecule has 7 heteroatoms. The van der Waals surface area contributed by atoms with E-state index in [1.165, 1.54) is 24.3 Å². The van der Waals surface area contributed by atoms with Crippen LogP contribution in [0, 0.1) is 0 Å². The van der Waals surface area contributed by atoms with Crippen LogP contribution < -0.4 is 9.46 Å². The minimum absolute atomic E-state index is 0.0373. The highest BCUT2D eigenvalue weighted by Crippen LogP contribution is 2.19. The molecule has 1 N–H and O–H groups in total. The summed E-state index contributed by atoms with van der Waals surface area (Å²) in [4.78, 5) is 0.